The fourth-order valence-electron chi connectivity index (χ4n) is 3.05. The molecule has 2 rings (SSSR count). The second-order valence-corrected chi connectivity index (χ2v) is 9.32. The minimum Gasteiger partial charge on any atom is -0.291 e. The molecule has 0 saturated carbocycles. The molecule has 0 N–H and O–H groups in total. The van der Waals surface area contributed by atoms with Crippen LogP contribution in [0.3, 0.4) is 0 Å². The Morgan fingerprint density at radius 2 is 1.20 bits per heavy atom. The van der Waals surface area contributed by atoms with E-state index in [-0.39, 0.29) is 26.3 Å². The quantitative estimate of drug-likeness (QED) is 0.427. The lowest BCUT2D eigenvalue weighted by molar-refractivity contribution is 0.0246. The van der Waals surface area contributed by atoms with Crippen LogP contribution >= 0.6 is 10.5 Å². The SMILES string of the molecule is C=S1c2ccccc2C(C)(C)N(C)C(C)(C)C1(C)C.CC.CC.CC. The Hall–Kier alpha value is -0.600. The van der Waals surface area contributed by atoms with Crippen LogP contribution in [-0.4, -0.2) is 28.1 Å². The maximum Gasteiger partial charge on any atom is 0.0418 e. The minimum atomic E-state index is -0.0212. The van der Waals surface area contributed by atoms with E-state index in [2.05, 4.69) is 83.6 Å². The van der Waals surface area contributed by atoms with E-state index in [1.165, 1.54) is 10.5 Å². The van der Waals surface area contributed by atoms with Crippen molar-refractivity contribution in [3.63, 3.8) is 0 Å². The fourth-order valence-corrected chi connectivity index (χ4v) is 5.16. The number of benzene rings is 1. The topological polar surface area (TPSA) is 3.24 Å². The standard InChI is InChI=1S/C17H27NS.3C2H6/c1-15(2)13-11-9-10-12-14(13)19(8)17(5,6)16(3,4)18(15)7;3*1-2/h9-12H,8H2,1-7H3;3*1-2H3. The molecule has 1 unspecified atom stereocenters. The van der Waals surface area contributed by atoms with Crippen molar-refractivity contribution in [2.45, 2.75) is 104 Å². The van der Waals surface area contributed by atoms with Crippen molar-refractivity contribution in [2.75, 3.05) is 7.05 Å². The summed E-state index contributed by atoms with van der Waals surface area (Å²) in [6, 6.07) is 8.84. The molecule has 0 amide bonds. The zero-order valence-corrected chi connectivity index (χ0v) is 20.2. The summed E-state index contributed by atoms with van der Waals surface area (Å²) in [5, 5.41) is 0. The predicted octanol–water partition coefficient (Wildman–Crippen LogP) is 7.56. The van der Waals surface area contributed by atoms with Crippen LogP contribution in [-0.2, 0) is 5.54 Å². The Kier molecular flexibility index (Phi) is 11.2. The number of fused-ring (bicyclic) bond motifs is 1. The van der Waals surface area contributed by atoms with Crippen molar-refractivity contribution in [3.05, 3.63) is 29.8 Å². The highest BCUT2D eigenvalue weighted by molar-refractivity contribution is 8.15. The van der Waals surface area contributed by atoms with E-state index in [4.69, 9.17) is 0 Å². The second-order valence-electron chi connectivity index (χ2n) is 7.07. The highest BCUT2D eigenvalue weighted by atomic mass is 32.2. The molecule has 1 aromatic rings. The van der Waals surface area contributed by atoms with Gasteiger partial charge in [-0.2, -0.15) is 10.5 Å². The van der Waals surface area contributed by atoms with Crippen molar-refractivity contribution in [1.29, 1.82) is 0 Å². The Morgan fingerprint density at radius 3 is 1.64 bits per heavy atom. The Balaban J connectivity index is 0. The van der Waals surface area contributed by atoms with Crippen LogP contribution in [0.25, 0.3) is 0 Å². The van der Waals surface area contributed by atoms with Crippen LogP contribution < -0.4 is 0 Å². The highest BCUT2D eigenvalue weighted by Gasteiger charge is 2.50. The number of hydrogen-bond acceptors (Lipinski definition) is 1. The van der Waals surface area contributed by atoms with E-state index in [0.717, 1.165) is 0 Å². The summed E-state index contributed by atoms with van der Waals surface area (Å²) in [5.41, 5.74) is 1.53. The van der Waals surface area contributed by atoms with Crippen molar-refractivity contribution in [1.82, 2.24) is 4.90 Å². The monoisotopic (exact) mass is 367 g/mol. The molecule has 0 bridgehead atoms. The molecule has 1 aliphatic heterocycles. The summed E-state index contributed by atoms with van der Waals surface area (Å²) in [6.07, 6.45) is 0. The van der Waals surface area contributed by atoms with Gasteiger partial charge in [0.25, 0.3) is 0 Å². The van der Waals surface area contributed by atoms with E-state index in [9.17, 15) is 0 Å². The van der Waals surface area contributed by atoms with Gasteiger partial charge in [0.1, 0.15) is 0 Å². The first kappa shape index (κ1) is 26.6. The van der Waals surface area contributed by atoms with Crippen molar-refractivity contribution in [2.24, 2.45) is 0 Å². The molecule has 0 aliphatic carbocycles. The number of nitrogens with zero attached hydrogens (tertiary/aromatic N) is 1. The molecule has 0 aromatic heterocycles. The largest absolute Gasteiger partial charge is 0.291 e. The zero-order valence-electron chi connectivity index (χ0n) is 19.4. The molecule has 148 valence electrons. The lowest BCUT2D eigenvalue weighted by Gasteiger charge is -2.52. The lowest BCUT2D eigenvalue weighted by atomic mass is 9.82. The Morgan fingerprint density at radius 1 is 0.800 bits per heavy atom. The average Bonchev–Trinajstić information content (AvgIpc) is 2.66. The van der Waals surface area contributed by atoms with Crippen LogP contribution in [0.1, 0.15) is 88.6 Å². The maximum absolute atomic E-state index is 4.55. The smallest absolute Gasteiger partial charge is 0.0418 e. The molecule has 0 spiro atoms. The van der Waals surface area contributed by atoms with Gasteiger partial charge in [0.2, 0.25) is 0 Å². The first-order chi connectivity index (χ1) is 11.5. The summed E-state index contributed by atoms with van der Waals surface area (Å²) < 4.78 is 0.131. The van der Waals surface area contributed by atoms with Gasteiger partial charge >= 0.3 is 0 Å². The first-order valence-corrected chi connectivity index (χ1v) is 11.3. The second kappa shape index (κ2) is 10.5. The van der Waals surface area contributed by atoms with Gasteiger partial charge in [-0.05, 0) is 60.2 Å². The number of rotatable bonds is 0. The number of hydrogen-bond donors (Lipinski definition) is 0. The van der Waals surface area contributed by atoms with E-state index in [1.54, 1.807) is 0 Å². The van der Waals surface area contributed by atoms with Crippen LogP contribution in [0.2, 0.25) is 0 Å². The Labute approximate surface area is 162 Å². The van der Waals surface area contributed by atoms with E-state index in [0.29, 0.717) is 0 Å². The molecule has 1 atom stereocenters. The van der Waals surface area contributed by atoms with Gasteiger partial charge < -0.3 is 0 Å². The average molecular weight is 368 g/mol. The molecule has 0 saturated heterocycles. The summed E-state index contributed by atoms with van der Waals surface area (Å²) in [5.74, 6) is 4.55. The van der Waals surface area contributed by atoms with Gasteiger partial charge in [-0.15, -0.1) is 0 Å². The third-order valence-corrected chi connectivity index (χ3v) is 8.20. The summed E-state index contributed by atoms with van der Waals surface area (Å²) >= 11 is 0. The molecular weight excluding hydrogens is 322 g/mol. The fraction of sp³-hybridized carbons (Fsp3) is 0.696. The molecule has 1 aliphatic rings. The van der Waals surface area contributed by atoms with E-state index in [1.807, 2.05) is 41.5 Å². The third kappa shape index (κ3) is 4.77. The van der Waals surface area contributed by atoms with Crippen molar-refractivity contribution < 1.29 is 0 Å². The molecule has 0 fully saturated rings. The Bertz CT molecular complexity index is 527. The van der Waals surface area contributed by atoms with Crippen LogP contribution in [0.15, 0.2) is 29.2 Å². The minimum absolute atomic E-state index is 0.0212. The lowest BCUT2D eigenvalue weighted by Crippen LogP contribution is -2.59. The van der Waals surface area contributed by atoms with Crippen molar-refractivity contribution in [3.8, 4) is 0 Å². The van der Waals surface area contributed by atoms with E-state index >= 15 is 0 Å². The van der Waals surface area contributed by atoms with Crippen LogP contribution in [0, 0.1) is 0 Å². The first-order valence-electron chi connectivity index (χ1n) is 9.92. The molecule has 1 nitrogen and oxygen atoms in total. The van der Waals surface area contributed by atoms with Gasteiger partial charge in [0, 0.05) is 20.7 Å². The summed E-state index contributed by atoms with van der Waals surface area (Å²) in [7, 11) is 2.23. The van der Waals surface area contributed by atoms with Crippen molar-refractivity contribution >= 4 is 16.4 Å². The van der Waals surface area contributed by atoms with Gasteiger partial charge in [-0.1, -0.05) is 65.6 Å². The molecule has 1 aromatic carbocycles. The third-order valence-electron chi connectivity index (χ3n) is 5.58. The van der Waals surface area contributed by atoms with Gasteiger partial charge in [0.15, 0.2) is 0 Å². The van der Waals surface area contributed by atoms with E-state index < -0.39 is 0 Å². The zero-order chi connectivity index (χ0) is 20.6. The molecular formula is C23H45NS. The summed E-state index contributed by atoms with van der Waals surface area (Å²) in [6.45, 7) is 26.1. The molecule has 0 radical (unpaired) electrons. The highest BCUT2D eigenvalue weighted by Crippen LogP contribution is 2.55. The van der Waals surface area contributed by atoms with Crippen LogP contribution in [0.4, 0.5) is 0 Å². The molecule has 2 heteroatoms. The van der Waals surface area contributed by atoms with Gasteiger partial charge in [0.05, 0.1) is 0 Å². The predicted molar refractivity (Wildman–Crippen MR) is 122 cm³/mol. The summed E-state index contributed by atoms with van der Waals surface area (Å²) in [4.78, 5) is 3.95. The molecule has 1 heterocycles. The maximum atomic E-state index is 4.55. The van der Waals surface area contributed by atoms with Gasteiger partial charge in [-0.25, -0.2) is 0 Å². The van der Waals surface area contributed by atoms with Gasteiger partial charge in [-0.3, -0.25) is 4.90 Å². The normalized spacial score (nSPS) is 22.4. The van der Waals surface area contributed by atoms with Crippen LogP contribution in [0.5, 0.6) is 0 Å². The molecule has 25 heavy (non-hydrogen) atoms.